The molecule has 170 valence electrons. The van der Waals surface area contributed by atoms with Gasteiger partial charge in [-0.2, -0.15) is 0 Å². The number of rotatable bonds is 5. The lowest BCUT2D eigenvalue weighted by atomic mass is 9.87. The highest BCUT2D eigenvalue weighted by Crippen LogP contribution is 2.41. The first-order chi connectivity index (χ1) is 14.9. The number of benzene rings is 3. The fourth-order valence-corrected chi connectivity index (χ4v) is 3.94. The van der Waals surface area contributed by atoms with Crippen molar-refractivity contribution in [2.24, 2.45) is 5.41 Å². The maximum atomic E-state index is 12.6. The average molecular weight is 453 g/mol. The molecule has 0 spiro atoms. The van der Waals surface area contributed by atoms with E-state index in [4.69, 9.17) is 21.1 Å². The summed E-state index contributed by atoms with van der Waals surface area (Å²) in [7, 11) is 0. The molecular weight excluding hydrogens is 420 g/mol. The molecule has 1 atom stereocenters. The molecule has 3 aromatic carbocycles. The number of carbonyl (C=O) groups excluding carboxylic acids is 1. The Bertz CT molecular complexity index is 1100. The van der Waals surface area contributed by atoms with E-state index in [2.05, 4.69) is 25.1 Å². The van der Waals surface area contributed by atoms with Crippen LogP contribution in [0.3, 0.4) is 0 Å². The highest BCUT2D eigenvalue weighted by molar-refractivity contribution is 6.30. The maximum absolute atomic E-state index is 12.6. The molecule has 3 nitrogen and oxygen atoms in total. The fraction of sp³-hybridized carbons (Fsp3) is 0.393. The molecule has 0 saturated carbocycles. The van der Waals surface area contributed by atoms with Crippen LogP contribution in [-0.2, 0) is 14.3 Å². The van der Waals surface area contributed by atoms with E-state index in [1.807, 2.05) is 77.9 Å². The van der Waals surface area contributed by atoms with Crippen LogP contribution in [-0.4, -0.2) is 18.2 Å². The number of esters is 1. The Kier molecular flexibility index (Phi) is 7.02. The lowest BCUT2D eigenvalue weighted by Crippen LogP contribution is -2.30. The summed E-state index contributed by atoms with van der Waals surface area (Å²) in [5.41, 5.74) is 3.25. The van der Waals surface area contributed by atoms with Crippen LogP contribution in [0, 0.1) is 12.3 Å². The van der Waals surface area contributed by atoms with Crippen LogP contribution >= 0.6 is 11.6 Å². The van der Waals surface area contributed by atoms with Gasteiger partial charge in [0.1, 0.15) is 12.7 Å². The average Bonchev–Trinajstić information content (AvgIpc) is 2.69. The zero-order chi connectivity index (χ0) is 23.7. The van der Waals surface area contributed by atoms with Gasteiger partial charge in [-0.15, -0.1) is 0 Å². The Labute approximate surface area is 196 Å². The van der Waals surface area contributed by atoms with Crippen molar-refractivity contribution in [3.63, 3.8) is 0 Å². The molecule has 0 bridgehead atoms. The van der Waals surface area contributed by atoms with Gasteiger partial charge in [-0.3, -0.25) is 4.79 Å². The summed E-state index contributed by atoms with van der Waals surface area (Å²) >= 11 is 6.18. The van der Waals surface area contributed by atoms with E-state index in [-0.39, 0.29) is 12.6 Å². The van der Waals surface area contributed by atoms with Crippen LogP contribution in [0.4, 0.5) is 0 Å². The van der Waals surface area contributed by atoms with Crippen LogP contribution in [0.1, 0.15) is 58.8 Å². The molecule has 0 aliphatic carbocycles. The Balaban J connectivity index is 2.21. The third-order valence-corrected chi connectivity index (χ3v) is 5.48. The Morgan fingerprint density at radius 3 is 2.19 bits per heavy atom. The highest BCUT2D eigenvalue weighted by Gasteiger charge is 2.30. The van der Waals surface area contributed by atoms with Crippen molar-refractivity contribution in [2.75, 3.05) is 6.61 Å². The molecule has 3 rings (SSSR count). The van der Waals surface area contributed by atoms with Gasteiger partial charge in [-0.25, -0.2) is 0 Å². The molecule has 0 fully saturated rings. The molecule has 0 saturated heterocycles. The number of ether oxygens (including phenoxy) is 2. The molecule has 0 aliphatic rings. The van der Waals surface area contributed by atoms with Gasteiger partial charge >= 0.3 is 5.97 Å². The Hall–Kier alpha value is -2.36. The molecule has 32 heavy (non-hydrogen) atoms. The molecule has 3 aromatic rings. The molecule has 0 radical (unpaired) electrons. The smallest absolute Gasteiger partial charge is 0.311 e. The second-order valence-corrected chi connectivity index (χ2v) is 10.7. The molecule has 0 N–H and O–H groups in total. The monoisotopic (exact) mass is 452 g/mol. The zero-order valence-corrected chi connectivity index (χ0v) is 20.8. The first-order valence-electron chi connectivity index (χ1n) is 11.0. The normalized spacial score (nSPS) is 13.2. The van der Waals surface area contributed by atoms with Gasteiger partial charge in [0.25, 0.3) is 0 Å². The van der Waals surface area contributed by atoms with E-state index in [1.165, 1.54) is 0 Å². The van der Waals surface area contributed by atoms with Gasteiger partial charge in [0.05, 0.1) is 11.0 Å². The minimum absolute atomic E-state index is 0.146. The predicted molar refractivity (Wildman–Crippen MR) is 133 cm³/mol. The maximum Gasteiger partial charge on any atom is 0.311 e. The number of halogens is 1. The van der Waals surface area contributed by atoms with Crippen molar-refractivity contribution in [1.29, 1.82) is 0 Å². The number of hydrogen-bond donors (Lipinski definition) is 0. The lowest BCUT2D eigenvalue weighted by Gasteiger charge is -2.31. The van der Waals surface area contributed by atoms with Crippen LogP contribution in [0.2, 0.25) is 5.02 Å². The molecule has 4 heteroatoms. The summed E-state index contributed by atoms with van der Waals surface area (Å²) in [6.07, 6.45) is -0.420. The lowest BCUT2D eigenvalue weighted by molar-refractivity contribution is -0.162. The van der Waals surface area contributed by atoms with Crippen LogP contribution < -0.4 is 0 Å². The van der Waals surface area contributed by atoms with Crippen LogP contribution in [0.15, 0.2) is 54.6 Å². The Morgan fingerprint density at radius 2 is 1.59 bits per heavy atom. The SMILES string of the molecule is Cc1cc2ccccc2c(-c2ccc(Cl)cc2)c1[C@H](COC(=O)C(C)(C)C)OC(C)(C)C. The van der Waals surface area contributed by atoms with Gasteiger partial charge in [0.2, 0.25) is 0 Å². The van der Waals surface area contributed by atoms with E-state index < -0.39 is 17.1 Å². The first-order valence-corrected chi connectivity index (χ1v) is 11.4. The Morgan fingerprint density at radius 1 is 0.969 bits per heavy atom. The van der Waals surface area contributed by atoms with Crippen molar-refractivity contribution in [2.45, 2.75) is 60.2 Å². The fourth-order valence-electron chi connectivity index (χ4n) is 3.82. The number of carbonyl (C=O) groups is 1. The summed E-state index contributed by atoms with van der Waals surface area (Å²) in [4.78, 5) is 12.6. The topological polar surface area (TPSA) is 35.5 Å². The minimum Gasteiger partial charge on any atom is -0.462 e. The first kappa shape index (κ1) is 24.3. The van der Waals surface area contributed by atoms with Gasteiger partial charge in [-0.1, -0.05) is 54.1 Å². The van der Waals surface area contributed by atoms with E-state index >= 15 is 0 Å². The predicted octanol–water partition coefficient (Wildman–Crippen LogP) is 7.91. The summed E-state index contributed by atoms with van der Waals surface area (Å²) < 4.78 is 12.3. The zero-order valence-electron chi connectivity index (χ0n) is 20.1. The van der Waals surface area contributed by atoms with Crippen molar-refractivity contribution in [3.8, 4) is 11.1 Å². The second kappa shape index (κ2) is 9.25. The minimum atomic E-state index is -0.580. The quantitative estimate of drug-likeness (QED) is 0.369. The van der Waals surface area contributed by atoms with Gasteiger partial charge in [0, 0.05) is 5.02 Å². The highest BCUT2D eigenvalue weighted by atomic mass is 35.5. The number of hydrogen-bond acceptors (Lipinski definition) is 3. The summed E-state index contributed by atoms with van der Waals surface area (Å²) in [6, 6.07) is 18.4. The number of aryl methyl sites for hydroxylation is 1. The van der Waals surface area contributed by atoms with Crippen molar-refractivity contribution < 1.29 is 14.3 Å². The summed E-state index contributed by atoms with van der Waals surface area (Å²) in [5, 5.41) is 2.97. The van der Waals surface area contributed by atoms with E-state index in [0.29, 0.717) is 5.02 Å². The third kappa shape index (κ3) is 5.70. The molecule has 0 heterocycles. The van der Waals surface area contributed by atoms with Crippen molar-refractivity contribution in [3.05, 3.63) is 70.7 Å². The van der Waals surface area contributed by atoms with Crippen LogP contribution in [0.25, 0.3) is 21.9 Å². The van der Waals surface area contributed by atoms with Crippen molar-refractivity contribution >= 4 is 28.3 Å². The van der Waals surface area contributed by atoms with Crippen LogP contribution in [0.5, 0.6) is 0 Å². The van der Waals surface area contributed by atoms with Gasteiger partial charge < -0.3 is 9.47 Å². The van der Waals surface area contributed by atoms with E-state index in [9.17, 15) is 4.79 Å². The molecule has 0 amide bonds. The summed E-state index contributed by atoms with van der Waals surface area (Å²) in [6.45, 7) is 13.9. The second-order valence-electron chi connectivity index (χ2n) is 10.3. The third-order valence-electron chi connectivity index (χ3n) is 5.23. The summed E-state index contributed by atoms with van der Waals surface area (Å²) in [5.74, 6) is -0.244. The van der Waals surface area contributed by atoms with Gasteiger partial charge in [0.15, 0.2) is 0 Å². The van der Waals surface area contributed by atoms with E-state index in [1.54, 1.807) is 0 Å². The largest absolute Gasteiger partial charge is 0.462 e. The molecular formula is C28H33ClO3. The molecule has 0 aliphatic heterocycles. The molecule has 0 unspecified atom stereocenters. The molecule has 0 aromatic heterocycles. The van der Waals surface area contributed by atoms with E-state index in [0.717, 1.165) is 33.0 Å². The van der Waals surface area contributed by atoms with Crippen molar-refractivity contribution in [1.82, 2.24) is 0 Å². The number of fused-ring (bicyclic) bond motifs is 1. The van der Waals surface area contributed by atoms with Gasteiger partial charge in [-0.05, 0) is 93.6 Å². The standard InChI is InChI=1S/C28H33ClO3/c1-18-16-20-10-8-9-11-22(20)25(19-12-14-21(29)15-13-19)24(18)23(32-28(5,6)7)17-31-26(30)27(2,3)4/h8-16,23H,17H2,1-7H3/t23-/m0/s1.